The van der Waals surface area contributed by atoms with Gasteiger partial charge in [0.25, 0.3) is 0 Å². The molecule has 2 heterocycles. The first-order valence-corrected chi connectivity index (χ1v) is 22.9. The quantitative estimate of drug-likeness (QED) is 0.152. The van der Waals surface area contributed by atoms with E-state index in [4.69, 9.17) is 4.42 Å². The number of aromatic nitrogens is 1. The third-order valence-electron chi connectivity index (χ3n) is 13.4. The van der Waals surface area contributed by atoms with Gasteiger partial charge in [-0.2, -0.15) is 0 Å². The minimum Gasteiger partial charge on any atom is -0.456 e. The molecular weight excluding hydrogens is 813 g/mol. The predicted octanol–water partition coefficient (Wildman–Crippen LogP) is 18.0. The summed E-state index contributed by atoms with van der Waals surface area (Å²) in [6.45, 7) is 0. The second kappa shape index (κ2) is 16.0. The average Bonchev–Trinajstić information content (AvgIpc) is 3.95. The van der Waals surface area contributed by atoms with Crippen molar-refractivity contribution in [3.8, 4) is 50.2 Å². The first-order chi connectivity index (χ1) is 33.2. The summed E-state index contributed by atoms with van der Waals surface area (Å²) in [5.41, 5.74) is 17.7. The zero-order valence-electron chi connectivity index (χ0n) is 36.6. The Morgan fingerprint density at radius 3 is 1.81 bits per heavy atom. The van der Waals surface area contributed by atoms with E-state index >= 15 is 0 Å². The van der Waals surface area contributed by atoms with Crippen molar-refractivity contribution < 1.29 is 4.42 Å². The van der Waals surface area contributed by atoms with Crippen LogP contribution in [0.15, 0.2) is 259 Å². The van der Waals surface area contributed by atoms with Crippen LogP contribution in [-0.2, 0) is 0 Å². The smallest absolute Gasteiger partial charge is 0.135 e. The highest BCUT2D eigenvalue weighted by atomic mass is 16.3. The third kappa shape index (κ3) is 6.59. The fraction of sp³-hybridized carbons (Fsp3) is 0. The first kappa shape index (κ1) is 38.5. The molecule has 0 radical (unpaired) electrons. The Hall–Kier alpha value is -8.92. The Balaban J connectivity index is 1.07. The van der Waals surface area contributed by atoms with Gasteiger partial charge >= 0.3 is 0 Å². The van der Waals surface area contributed by atoms with Gasteiger partial charge in [-0.3, -0.25) is 0 Å². The van der Waals surface area contributed by atoms with E-state index in [1.807, 2.05) is 12.1 Å². The van der Waals surface area contributed by atoms with Crippen LogP contribution in [0.5, 0.6) is 0 Å². The number of fused-ring (bicyclic) bond motifs is 7. The number of hydrogen-bond donors (Lipinski definition) is 0. The number of anilines is 3. The first-order valence-electron chi connectivity index (χ1n) is 22.9. The SMILES string of the molecule is c1ccc(-c2ccc(N(c3cccc(-c4cccc5c6ccccc6n(-c6ccccc6)c45)c3)c3cccc(-c4ccc5oc6ccccc6c5c4)c3-c3ccc4ccccc4c3)cc2)cc1. The van der Waals surface area contributed by atoms with E-state index in [0.29, 0.717) is 0 Å². The van der Waals surface area contributed by atoms with Gasteiger partial charge < -0.3 is 13.9 Å². The number of benzene rings is 11. The maximum absolute atomic E-state index is 6.34. The minimum atomic E-state index is 0.881. The zero-order valence-corrected chi connectivity index (χ0v) is 36.6. The molecule has 3 heteroatoms. The molecule has 11 aromatic carbocycles. The van der Waals surface area contributed by atoms with Gasteiger partial charge in [-0.25, -0.2) is 0 Å². The van der Waals surface area contributed by atoms with Crippen molar-refractivity contribution in [3.63, 3.8) is 0 Å². The lowest BCUT2D eigenvalue weighted by Crippen LogP contribution is -2.12. The molecule has 0 aliphatic heterocycles. The molecule has 0 saturated heterocycles. The van der Waals surface area contributed by atoms with Gasteiger partial charge in [0.05, 0.1) is 16.7 Å². The summed E-state index contributed by atoms with van der Waals surface area (Å²) in [6.07, 6.45) is 0. The Kier molecular flexibility index (Phi) is 9.17. The zero-order chi connectivity index (χ0) is 44.3. The molecule has 0 spiro atoms. The van der Waals surface area contributed by atoms with Crippen molar-refractivity contribution in [1.82, 2.24) is 4.57 Å². The number of furan rings is 1. The van der Waals surface area contributed by atoms with Gasteiger partial charge in [0.15, 0.2) is 0 Å². The fourth-order valence-corrected chi connectivity index (χ4v) is 10.3. The van der Waals surface area contributed by atoms with Crippen molar-refractivity contribution in [3.05, 3.63) is 255 Å². The van der Waals surface area contributed by atoms with Crippen LogP contribution in [-0.4, -0.2) is 4.57 Å². The van der Waals surface area contributed by atoms with E-state index in [2.05, 4.69) is 252 Å². The van der Waals surface area contributed by atoms with Crippen molar-refractivity contribution in [2.75, 3.05) is 4.90 Å². The van der Waals surface area contributed by atoms with E-state index < -0.39 is 0 Å². The monoisotopic (exact) mass is 854 g/mol. The summed E-state index contributed by atoms with van der Waals surface area (Å²) in [5.74, 6) is 0. The molecule has 0 fully saturated rings. The highest BCUT2D eigenvalue weighted by Crippen LogP contribution is 2.48. The van der Waals surface area contributed by atoms with E-state index in [1.165, 1.54) is 49.3 Å². The lowest BCUT2D eigenvalue weighted by molar-refractivity contribution is 0.669. The Bertz CT molecular complexity index is 3980. The van der Waals surface area contributed by atoms with E-state index in [9.17, 15) is 0 Å². The van der Waals surface area contributed by atoms with Gasteiger partial charge in [0, 0.05) is 49.7 Å². The standard InChI is InChI=1S/C64H42N2O/c1-3-16-43(17-4-1)45-34-37-51(38-35-45)65(52-23-13-20-47(41-52)54-27-14-28-57-55-24-9-11-29-59(55)66(64(54)57)50-21-5-2-6-22-50)60-30-15-26-53(63(60)49-33-32-44-18-7-8-19-46(44)40-49)48-36-39-62-58(42-48)56-25-10-12-31-61(56)67-62/h1-42H. The van der Waals surface area contributed by atoms with Crippen molar-refractivity contribution >= 4 is 71.6 Å². The summed E-state index contributed by atoms with van der Waals surface area (Å²) in [6, 6.07) is 92.2. The van der Waals surface area contributed by atoms with Gasteiger partial charge in [-0.05, 0) is 117 Å². The summed E-state index contributed by atoms with van der Waals surface area (Å²) in [7, 11) is 0. The average molecular weight is 855 g/mol. The van der Waals surface area contributed by atoms with Crippen LogP contribution in [0.25, 0.3) is 105 Å². The van der Waals surface area contributed by atoms with E-state index in [0.717, 1.165) is 72.5 Å². The Labute approximate surface area is 388 Å². The van der Waals surface area contributed by atoms with Gasteiger partial charge in [-0.1, -0.05) is 182 Å². The summed E-state index contributed by atoms with van der Waals surface area (Å²) >= 11 is 0. The maximum atomic E-state index is 6.34. The molecule has 3 nitrogen and oxygen atoms in total. The summed E-state index contributed by atoms with van der Waals surface area (Å²) in [5, 5.41) is 7.08. The van der Waals surface area contributed by atoms with Crippen LogP contribution in [0.2, 0.25) is 0 Å². The molecule has 0 atom stereocenters. The largest absolute Gasteiger partial charge is 0.456 e. The van der Waals surface area contributed by atoms with Crippen LogP contribution in [0.3, 0.4) is 0 Å². The molecule has 0 unspecified atom stereocenters. The highest BCUT2D eigenvalue weighted by molar-refractivity contribution is 6.14. The van der Waals surface area contributed by atoms with Crippen molar-refractivity contribution in [2.45, 2.75) is 0 Å². The second-order valence-corrected chi connectivity index (χ2v) is 17.3. The molecule has 0 bridgehead atoms. The number of rotatable bonds is 8. The molecule has 314 valence electrons. The number of hydrogen-bond acceptors (Lipinski definition) is 2. The maximum Gasteiger partial charge on any atom is 0.135 e. The lowest BCUT2D eigenvalue weighted by atomic mass is 9.90. The molecule has 67 heavy (non-hydrogen) atoms. The summed E-state index contributed by atoms with van der Waals surface area (Å²) < 4.78 is 8.76. The second-order valence-electron chi connectivity index (χ2n) is 17.3. The molecule has 13 rings (SSSR count). The van der Waals surface area contributed by atoms with Crippen molar-refractivity contribution in [2.24, 2.45) is 0 Å². The Morgan fingerprint density at radius 1 is 0.328 bits per heavy atom. The van der Waals surface area contributed by atoms with Crippen LogP contribution < -0.4 is 4.90 Å². The molecular formula is C64H42N2O. The molecule has 0 amide bonds. The predicted molar refractivity (Wildman–Crippen MR) is 282 cm³/mol. The van der Waals surface area contributed by atoms with Gasteiger partial charge in [-0.15, -0.1) is 0 Å². The molecule has 0 N–H and O–H groups in total. The summed E-state index contributed by atoms with van der Waals surface area (Å²) in [4.78, 5) is 2.45. The Morgan fingerprint density at radius 2 is 0.940 bits per heavy atom. The van der Waals surface area contributed by atoms with Crippen LogP contribution in [0, 0.1) is 0 Å². The van der Waals surface area contributed by atoms with Crippen LogP contribution in [0.4, 0.5) is 17.1 Å². The molecule has 0 aliphatic rings. The van der Waals surface area contributed by atoms with E-state index in [-0.39, 0.29) is 0 Å². The molecule has 13 aromatic rings. The van der Waals surface area contributed by atoms with Crippen LogP contribution >= 0.6 is 0 Å². The van der Waals surface area contributed by atoms with Crippen LogP contribution in [0.1, 0.15) is 0 Å². The number of nitrogens with zero attached hydrogens (tertiary/aromatic N) is 2. The molecule has 0 aliphatic carbocycles. The normalized spacial score (nSPS) is 11.6. The van der Waals surface area contributed by atoms with Gasteiger partial charge in [0.2, 0.25) is 0 Å². The van der Waals surface area contributed by atoms with Gasteiger partial charge in [0.1, 0.15) is 11.2 Å². The lowest BCUT2D eigenvalue weighted by Gasteiger charge is -2.30. The molecule has 0 saturated carbocycles. The highest BCUT2D eigenvalue weighted by Gasteiger charge is 2.23. The van der Waals surface area contributed by atoms with Crippen molar-refractivity contribution in [1.29, 1.82) is 0 Å². The van der Waals surface area contributed by atoms with E-state index in [1.54, 1.807) is 0 Å². The minimum absolute atomic E-state index is 0.881. The molecule has 2 aromatic heterocycles. The number of para-hydroxylation sites is 4. The third-order valence-corrected chi connectivity index (χ3v) is 13.4. The fourth-order valence-electron chi connectivity index (χ4n) is 10.3. The topological polar surface area (TPSA) is 21.3 Å².